The third-order valence-corrected chi connectivity index (χ3v) is 3.30. The minimum atomic E-state index is -0.910. The molecule has 0 spiro atoms. The molecule has 0 aromatic carbocycles. The quantitative estimate of drug-likeness (QED) is 0.860. The lowest BCUT2D eigenvalue weighted by atomic mass is 10.2. The fraction of sp³-hybridized carbons (Fsp3) is 0.500. The van der Waals surface area contributed by atoms with Crippen LogP contribution in [0.4, 0.5) is 20.4 Å². The van der Waals surface area contributed by atoms with E-state index in [2.05, 4.69) is 4.98 Å². The number of nitrogens with two attached hydrogens (primary N) is 2. The van der Waals surface area contributed by atoms with Crippen molar-refractivity contribution in [1.29, 1.82) is 0 Å². The highest BCUT2D eigenvalue weighted by Crippen LogP contribution is 2.29. The fourth-order valence-corrected chi connectivity index (χ4v) is 2.43. The van der Waals surface area contributed by atoms with E-state index in [1.807, 2.05) is 0 Å². The molecule has 1 amide bonds. The van der Waals surface area contributed by atoms with Gasteiger partial charge in [-0.2, -0.15) is 0 Å². The Morgan fingerprint density at radius 3 is 2.58 bits per heavy atom. The van der Waals surface area contributed by atoms with E-state index >= 15 is 0 Å². The molecule has 4 N–H and O–H groups in total. The van der Waals surface area contributed by atoms with Crippen LogP contribution in [0.1, 0.15) is 25.7 Å². The number of aromatic nitrogens is 1. The summed E-state index contributed by atoms with van der Waals surface area (Å²) >= 11 is 0. The van der Waals surface area contributed by atoms with Crippen LogP contribution in [-0.2, 0) is 4.79 Å². The molecule has 0 atom stereocenters. The van der Waals surface area contributed by atoms with E-state index in [-0.39, 0.29) is 24.2 Å². The fourth-order valence-electron chi connectivity index (χ4n) is 2.43. The molecule has 1 heterocycles. The van der Waals surface area contributed by atoms with Gasteiger partial charge in [0.1, 0.15) is 0 Å². The highest BCUT2D eigenvalue weighted by molar-refractivity contribution is 5.79. The van der Waals surface area contributed by atoms with Crippen LogP contribution in [0.15, 0.2) is 6.07 Å². The zero-order chi connectivity index (χ0) is 14.0. The number of halogens is 2. The van der Waals surface area contributed by atoms with Gasteiger partial charge in [0.2, 0.25) is 5.91 Å². The number of amides is 1. The molecule has 0 saturated heterocycles. The number of carbonyl (C=O) groups is 1. The number of hydrogen-bond acceptors (Lipinski definition) is 4. The van der Waals surface area contributed by atoms with Gasteiger partial charge in [-0.05, 0) is 12.8 Å². The van der Waals surface area contributed by atoms with Gasteiger partial charge in [-0.25, -0.2) is 13.8 Å². The number of nitrogen functional groups attached to an aromatic ring is 1. The number of carbonyl (C=O) groups excluding carboxylic acids is 1. The summed E-state index contributed by atoms with van der Waals surface area (Å²) in [7, 11) is 0. The highest BCUT2D eigenvalue weighted by atomic mass is 19.1. The number of anilines is 2. The molecule has 19 heavy (non-hydrogen) atoms. The third-order valence-electron chi connectivity index (χ3n) is 3.30. The molecule has 5 nitrogen and oxygen atoms in total. The number of nitrogens with zero attached hydrogens (tertiary/aromatic N) is 2. The van der Waals surface area contributed by atoms with Crippen LogP contribution in [-0.4, -0.2) is 23.5 Å². The molecule has 1 saturated carbocycles. The molecule has 0 bridgehead atoms. The maximum atomic E-state index is 13.8. The monoisotopic (exact) mass is 270 g/mol. The Kier molecular flexibility index (Phi) is 3.82. The van der Waals surface area contributed by atoms with Crippen molar-refractivity contribution in [3.63, 3.8) is 0 Å². The predicted molar refractivity (Wildman–Crippen MR) is 67.4 cm³/mol. The van der Waals surface area contributed by atoms with Crippen molar-refractivity contribution in [1.82, 2.24) is 4.98 Å². The van der Waals surface area contributed by atoms with Crippen LogP contribution in [0.25, 0.3) is 0 Å². The summed E-state index contributed by atoms with van der Waals surface area (Å²) in [6.45, 7) is -0.153. The molecule has 104 valence electrons. The Labute approximate surface area is 109 Å². The van der Waals surface area contributed by atoms with Crippen LogP contribution in [0.5, 0.6) is 0 Å². The molecule has 0 unspecified atom stereocenters. The number of primary amides is 1. The smallest absolute Gasteiger partial charge is 0.237 e. The van der Waals surface area contributed by atoms with Gasteiger partial charge < -0.3 is 16.4 Å². The Hall–Kier alpha value is -1.92. The van der Waals surface area contributed by atoms with Crippen molar-refractivity contribution in [2.24, 2.45) is 5.73 Å². The average Bonchev–Trinajstić information content (AvgIpc) is 2.84. The van der Waals surface area contributed by atoms with Gasteiger partial charge in [0.25, 0.3) is 0 Å². The maximum absolute atomic E-state index is 13.8. The van der Waals surface area contributed by atoms with Crippen LogP contribution in [0.2, 0.25) is 0 Å². The standard InChI is InChI=1S/C12H16F2N4O/c13-8-5-9(14)12(17-11(8)16)18(6-10(15)19)7-3-1-2-4-7/h5,7H,1-4,6H2,(H2,15,19)(H2,16,17). The highest BCUT2D eigenvalue weighted by Gasteiger charge is 2.27. The summed E-state index contributed by atoms with van der Waals surface area (Å²) < 4.78 is 27.0. The lowest BCUT2D eigenvalue weighted by Gasteiger charge is -2.29. The zero-order valence-electron chi connectivity index (χ0n) is 10.4. The second-order valence-corrected chi connectivity index (χ2v) is 4.69. The summed E-state index contributed by atoms with van der Waals surface area (Å²) in [4.78, 5) is 16.3. The van der Waals surface area contributed by atoms with Crippen molar-refractivity contribution in [2.45, 2.75) is 31.7 Å². The molecule has 0 radical (unpaired) electrons. The molecule has 1 aromatic heterocycles. The molecule has 1 fully saturated rings. The second-order valence-electron chi connectivity index (χ2n) is 4.69. The lowest BCUT2D eigenvalue weighted by molar-refractivity contribution is -0.116. The van der Waals surface area contributed by atoms with Gasteiger partial charge in [-0.3, -0.25) is 4.79 Å². The van der Waals surface area contributed by atoms with Crippen molar-refractivity contribution in [3.05, 3.63) is 17.7 Å². The molecule has 7 heteroatoms. The Balaban J connectivity index is 2.36. The predicted octanol–water partition coefficient (Wildman–Crippen LogP) is 1.18. The number of rotatable bonds is 4. The summed E-state index contributed by atoms with van der Waals surface area (Å²) in [5.74, 6) is -2.82. The Morgan fingerprint density at radius 2 is 2.00 bits per heavy atom. The van der Waals surface area contributed by atoms with Gasteiger partial charge in [0.05, 0.1) is 6.54 Å². The molecule has 2 rings (SSSR count). The van der Waals surface area contributed by atoms with E-state index in [1.54, 1.807) is 0 Å². The minimum absolute atomic E-state index is 0.0145. The SMILES string of the molecule is NC(=O)CN(c1nc(N)c(F)cc1F)C1CCCC1. The average molecular weight is 270 g/mol. The first-order valence-corrected chi connectivity index (χ1v) is 6.15. The van der Waals surface area contributed by atoms with Gasteiger partial charge in [0, 0.05) is 12.1 Å². The number of hydrogen-bond donors (Lipinski definition) is 2. The van der Waals surface area contributed by atoms with Crippen LogP contribution in [0.3, 0.4) is 0 Å². The third kappa shape index (κ3) is 2.91. The van der Waals surface area contributed by atoms with Crippen molar-refractivity contribution in [2.75, 3.05) is 17.2 Å². The first kappa shape index (κ1) is 13.5. The topological polar surface area (TPSA) is 85.2 Å². The first-order valence-electron chi connectivity index (χ1n) is 6.15. The maximum Gasteiger partial charge on any atom is 0.237 e. The lowest BCUT2D eigenvalue weighted by Crippen LogP contribution is -2.41. The second kappa shape index (κ2) is 5.38. The van der Waals surface area contributed by atoms with Crippen LogP contribution < -0.4 is 16.4 Å². The summed E-state index contributed by atoms with van der Waals surface area (Å²) in [6.07, 6.45) is 3.65. The molecule has 1 aliphatic rings. The molecular formula is C12H16F2N4O. The summed E-state index contributed by atoms with van der Waals surface area (Å²) in [5, 5.41) is 0. The van der Waals surface area contributed by atoms with E-state index in [9.17, 15) is 13.6 Å². The molecular weight excluding hydrogens is 254 g/mol. The van der Waals surface area contributed by atoms with Gasteiger partial charge in [-0.15, -0.1) is 0 Å². The summed E-state index contributed by atoms with van der Waals surface area (Å²) in [6, 6.07) is 0.667. The Bertz CT molecular complexity index is 489. The van der Waals surface area contributed by atoms with Gasteiger partial charge in [-0.1, -0.05) is 12.8 Å². The van der Waals surface area contributed by atoms with Crippen molar-refractivity contribution < 1.29 is 13.6 Å². The van der Waals surface area contributed by atoms with Crippen LogP contribution >= 0.6 is 0 Å². The van der Waals surface area contributed by atoms with E-state index in [0.29, 0.717) is 6.07 Å². The van der Waals surface area contributed by atoms with Gasteiger partial charge >= 0.3 is 0 Å². The zero-order valence-corrected chi connectivity index (χ0v) is 10.4. The molecule has 1 aromatic rings. The van der Waals surface area contributed by atoms with E-state index in [4.69, 9.17) is 11.5 Å². The van der Waals surface area contributed by atoms with Crippen molar-refractivity contribution in [3.8, 4) is 0 Å². The van der Waals surface area contributed by atoms with Crippen molar-refractivity contribution >= 4 is 17.5 Å². The normalized spacial score (nSPS) is 15.7. The molecule has 1 aliphatic carbocycles. The number of pyridine rings is 1. The largest absolute Gasteiger partial charge is 0.381 e. The van der Waals surface area contributed by atoms with Crippen LogP contribution in [0, 0.1) is 11.6 Å². The van der Waals surface area contributed by atoms with E-state index < -0.39 is 17.5 Å². The minimum Gasteiger partial charge on any atom is -0.381 e. The first-order chi connectivity index (χ1) is 8.99. The molecule has 0 aliphatic heterocycles. The van der Waals surface area contributed by atoms with E-state index in [1.165, 1.54) is 4.90 Å². The van der Waals surface area contributed by atoms with Gasteiger partial charge in [0.15, 0.2) is 23.3 Å². The Morgan fingerprint density at radius 1 is 1.37 bits per heavy atom. The van der Waals surface area contributed by atoms with E-state index in [0.717, 1.165) is 25.7 Å². The summed E-state index contributed by atoms with van der Waals surface area (Å²) in [5.41, 5.74) is 10.5.